The molecule has 1 aromatic heterocycles. The average molecular weight is 561 g/mol. The van der Waals surface area contributed by atoms with Crippen LogP contribution in [0.2, 0.25) is 0 Å². The SMILES string of the molecule is CCNC(=NCc1cccc(-c2ncn[nH]2)c1)N1CCN(CCOc2ccccc2)CC1.I. The highest BCUT2D eigenvalue weighted by atomic mass is 127. The van der Waals surface area contributed by atoms with Gasteiger partial charge in [0, 0.05) is 44.8 Å². The fourth-order valence-corrected chi connectivity index (χ4v) is 3.75. The average Bonchev–Trinajstić information content (AvgIpc) is 3.38. The number of para-hydroxylation sites is 1. The molecule has 9 heteroatoms. The van der Waals surface area contributed by atoms with E-state index >= 15 is 0 Å². The molecule has 0 spiro atoms. The molecule has 1 aliphatic rings. The molecule has 0 saturated carbocycles. The van der Waals surface area contributed by atoms with Gasteiger partial charge in [-0.25, -0.2) is 9.98 Å². The number of nitrogens with one attached hydrogen (secondary N) is 2. The van der Waals surface area contributed by atoms with Crippen molar-refractivity contribution in [3.05, 3.63) is 66.5 Å². The van der Waals surface area contributed by atoms with Crippen molar-refractivity contribution in [3.8, 4) is 17.1 Å². The summed E-state index contributed by atoms with van der Waals surface area (Å²) < 4.78 is 5.84. The lowest BCUT2D eigenvalue weighted by molar-refractivity contribution is 0.152. The van der Waals surface area contributed by atoms with Crippen LogP contribution in [0.15, 0.2) is 65.9 Å². The number of benzene rings is 2. The molecular weight excluding hydrogens is 529 g/mol. The molecule has 1 saturated heterocycles. The van der Waals surface area contributed by atoms with Crippen LogP contribution in [0.3, 0.4) is 0 Å². The third-order valence-electron chi connectivity index (χ3n) is 5.45. The number of aromatic amines is 1. The highest BCUT2D eigenvalue weighted by Gasteiger charge is 2.19. The lowest BCUT2D eigenvalue weighted by atomic mass is 10.1. The summed E-state index contributed by atoms with van der Waals surface area (Å²) >= 11 is 0. The third-order valence-corrected chi connectivity index (χ3v) is 5.45. The van der Waals surface area contributed by atoms with Gasteiger partial charge in [-0.2, -0.15) is 5.10 Å². The third kappa shape index (κ3) is 7.43. The topological polar surface area (TPSA) is 81.7 Å². The van der Waals surface area contributed by atoms with E-state index < -0.39 is 0 Å². The second kappa shape index (κ2) is 13.1. The van der Waals surface area contributed by atoms with Crippen LogP contribution in [0.5, 0.6) is 5.75 Å². The van der Waals surface area contributed by atoms with Crippen LogP contribution in [0.1, 0.15) is 12.5 Å². The van der Waals surface area contributed by atoms with Crippen molar-refractivity contribution in [2.75, 3.05) is 45.9 Å². The minimum atomic E-state index is 0. The second-order valence-electron chi connectivity index (χ2n) is 7.69. The Hall–Kier alpha value is -2.66. The van der Waals surface area contributed by atoms with Gasteiger partial charge in [0.05, 0.1) is 6.54 Å². The van der Waals surface area contributed by atoms with Crippen molar-refractivity contribution in [1.82, 2.24) is 30.3 Å². The summed E-state index contributed by atoms with van der Waals surface area (Å²) in [6.45, 7) is 9.14. The van der Waals surface area contributed by atoms with E-state index in [0.29, 0.717) is 13.2 Å². The predicted molar refractivity (Wildman–Crippen MR) is 142 cm³/mol. The predicted octanol–water partition coefficient (Wildman–Crippen LogP) is 3.25. The van der Waals surface area contributed by atoms with E-state index in [2.05, 4.69) is 49.4 Å². The Morgan fingerprint density at radius 1 is 1.09 bits per heavy atom. The maximum Gasteiger partial charge on any atom is 0.194 e. The van der Waals surface area contributed by atoms with Gasteiger partial charge in [0.1, 0.15) is 18.7 Å². The number of H-pyrrole nitrogens is 1. The molecule has 0 unspecified atom stereocenters. The van der Waals surface area contributed by atoms with Crippen LogP contribution in [0.4, 0.5) is 0 Å². The smallest absolute Gasteiger partial charge is 0.194 e. The first-order valence-electron chi connectivity index (χ1n) is 11.2. The molecule has 0 radical (unpaired) electrons. The van der Waals surface area contributed by atoms with Crippen LogP contribution >= 0.6 is 24.0 Å². The van der Waals surface area contributed by atoms with Gasteiger partial charge in [-0.1, -0.05) is 36.4 Å². The molecule has 0 atom stereocenters. The van der Waals surface area contributed by atoms with Crippen molar-refractivity contribution < 1.29 is 4.74 Å². The van der Waals surface area contributed by atoms with Gasteiger partial charge in [-0.05, 0) is 30.7 Å². The molecule has 4 rings (SSSR count). The van der Waals surface area contributed by atoms with Gasteiger partial charge in [0.2, 0.25) is 0 Å². The largest absolute Gasteiger partial charge is 0.492 e. The molecule has 0 aliphatic carbocycles. The summed E-state index contributed by atoms with van der Waals surface area (Å²) in [5, 5.41) is 10.3. The zero-order valence-electron chi connectivity index (χ0n) is 19.0. The monoisotopic (exact) mass is 561 g/mol. The van der Waals surface area contributed by atoms with Crippen molar-refractivity contribution in [2.24, 2.45) is 4.99 Å². The van der Waals surface area contributed by atoms with E-state index in [9.17, 15) is 0 Å². The van der Waals surface area contributed by atoms with Crippen molar-refractivity contribution >= 4 is 29.9 Å². The maximum atomic E-state index is 5.84. The Morgan fingerprint density at radius 2 is 1.91 bits per heavy atom. The zero-order chi connectivity index (χ0) is 22.0. The molecule has 8 nitrogen and oxygen atoms in total. The van der Waals surface area contributed by atoms with Crippen LogP contribution in [-0.2, 0) is 6.54 Å². The van der Waals surface area contributed by atoms with Crippen molar-refractivity contribution in [1.29, 1.82) is 0 Å². The minimum absolute atomic E-state index is 0. The number of halogens is 1. The summed E-state index contributed by atoms with van der Waals surface area (Å²) in [7, 11) is 0. The van der Waals surface area contributed by atoms with E-state index in [1.54, 1.807) is 0 Å². The van der Waals surface area contributed by atoms with Gasteiger partial charge in [-0.3, -0.25) is 10.00 Å². The first-order valence-corrected chi connectivity index (χ1v) is 11.2. The highest BCUT2D eigenvalue weighted by molar-refractivity contribution is 14.0. The molecule has 0 amide bonds. The summed E-state index contributed by atoms with van der Waals surface area (Å²) in [4.78, 5) is 13.9. The number of guanidine groups is 1. The first kappa shape index (κ1) is 25.0. The fourth-order valence-electron chi connectivity index (χ4n) is 3.75. The molecule has 2 aromatic carbocycles. The molecule has 3 aromatic rings. The van der Waals surface area contributed by atoms with Crippen LogP contribution in [0, 0.1) is 0 Å². The molecule has 2 heterocycles. The van der Waals surface area contributed by atoms with Crippen molar-refractivity contribution in [2.45, 2.75) is 13.5 Å². The standard InChI is InChI=1S/C24H31N7O.HI/c1-2-25-24(26-18-20-7-6-8-21(17-20)23-27-19-28-29-23)31-13-11-30(12-14-31)15-16-32-22-9-4-3-5-10-22;/h3-10,17,19H,2,11-16,18H2,1H3,(H,25,26)(H,27,28,29);1H. The van der Waals surface area contributed by atoms with Crippen LogP contribution < -0.4 is 10.1 Å². The van der Waals surface area contributed by atoms with Crippen molar-refractivity contribution in [3.63, 3.8) is 0 Å². The zero-order valence-corrected chi connectivity index (χ0v) is 21.3. The Balaban J connectivity index is 0.00000306. The van der Waals surface area contributed by atoms with E-state index in [0.717, 1.165) is 67.9 Å². The Kier molecular flexibility index (Phi) is 9.95. The summed E-state index contributed by atoms with van der Waals surface area (Å²) in [5.41, 5.74) is 2.16. The van der Waals surface area contributed by atoms with E-state index in [1.807, 2.05) is 42.5 Å². The Bertz CT molecular complexity index is 973. The maximum absolute atomic E-state index is 5.84. The first-order chi connectivity index (χ1) is 15.8. The van der Waals surface area contributed by atoms with Crippen LogP contribution in [-0.4, -0.2) is 76.8 Å². The van der Waals surface area contributed by atoms with Crippen LogP contribution in [0.25, 0.3) is 11.4 Å². The molecule has 0 bridgehead atoms. The summed E-state index contributed by atoms with van der Waals surface area (Å²) in [6, 6.07) is 18.3. The number of aliphatic imine (C=N–C) groups is 1. The fraction of sp³-hybridized carbons (Fsp3) is 0.375. The quantitative estimate of drug-likeness (QED) is 0.250. The number of rotatable bonds is 8. The minimum Gasteiger partial charge on any atom is -0.492 e. The molecule has 176 valence electrons. The van der Waals surface area contributed by atoms with E-state index in [4.69, 9.17) is 9.73 Å². The number of ether oxygens (including phenoxy) is 1. The lowest BCUT2D eigenvalue weighted by Crippen LogP contribution is -2.53. The number of aromatic nitrogens is 3. The van der Waals surface area contributed by atoms with Gasteiger partial charge in [0.25, 0.3) is 0 Å². The van der Waals surface area contributed by atoms with Gasteiger partial charge < -0.3 is 15.0 Å². The molecule has 1 fully saturated rings. The number of hydrogen-bond acceptors (Lipinski definition) is 5. The lowest BCUT2D eigenvalue weighted by Gasteiger charge is -2.36. The number of hydrogen-bond donors (Lipinski definition) is 2. The molecule has 2 N–H and O–H groups in total. The number of piperazine rings is 1. The second-order valence-corrected chi connectivity index (χ2v) is 7.69. The summed E-state index contributed by atoms with van der Waals surface area (Å²) in [6.07, 6.45) is 1.52. The van der Waals surface area contributed by atoms with Gasteiger partial charge in [0.15, 0.2) is 11.8 Å². The molecule has 33 heavy (non-hydrogen) atoms. The van der Waals surface area contributed by atoms with Gasteiger partial charge in [-0.15, -0.1) is 24.0 Å². The summed E-state index contributed by atoms with van der Waals surface area (Å²) in [5.74, 6) is 2.67. The normalized spacial score (nSPS) is 14.6. The highest BCUT2D eigenvalue weighted by Crippen LogP contribution is 2.16. The van der Waals surface area contributed by atoms with E-state index in [1.165, 1.54) is 6.33 Å². The van der Waals surface area contributed by atoms with Gasteiger partial charge >= 0.3 is 0 Å². The Morgan fingerprint density at radius 3 is 2.64 bits per heavy atom. The molecule has 1 aliphatic heterocycles. The van der Waals surface area contributed by atoms with E-state index in [-0.39, 0.29) is 24.0 Å². The molecular formula is C24H32IN7O. The Labute approximate surface area is 212 Å². The number of nitrogens with zero attached hydrogens (tertiary/aromatic N) is 5.